The highest BCUT2D eigenvalue weighted by Gasteiger charge is 2.17. The van der Waals surface area contributed by atoms with E-state index in [1.165, 1.54) is 0 Å². The summed E-state index contributed by atoms with van der Waals surface area (Å²) in [6.07, 6.45) is -1.00. The molecule has 0 bridgehead atoms. The first-order valence-corrected chi connectivity index (χ1v) is 6.20. The van der Waals surface area contributed by atoms with Crippen molar-refractivity contribution in [3.8, 4) is 0 Å². The van der Waals surface area contributed by atoms with Crippen LogP contribution in [0.3, 0.4) is 0 Å². The van der Waals surface area contributed by atoms with E-state index in [-0.39, 0.29) is 18.5 Å². The first kappa shape index (κ1) is 14.1. The SMILES string of the molecule is Cc1noc(CO)c1NC(=O)OC(C)c1ccccc1. The topological polar surface area (TPSA) is 84.6 Å². The van der Waals surface area contributed by atoms with Gasteiger partial charge in [-0.05, 0) is 19.4 Å². The van der Waals surface area contributed by atoms with E-state index in [2.05, 4.69) is 10.5 Å². The molecule has 0 spiro atoms. The molecule has 1 aromatic carbocycles. The number of amides is 1. The molecule has 0 aliphatic carbocycles. The number of ether oxygens (including phenoxy) is 1. The summed E-state index contributed by atoms with van der Waals surface area (Å²) in [5.41, 5.74) is 1.73. The normalized spacial score (nSPS) is 11.9. The van der Waals surface area contributed by atoms with Gasteiger partial charge in [0.1, 0.15) is 24.1 Å². The fraction of sp³-hybridized carbons (Fsp3) is 0.286. The molecule has 0 radical (unpaired) electrons. The first-order chi connectivity index (χ1) is 9.61. The van der Waals surface area contributed by atoms with Gasteiger partial charge in [0.25, 0.3) is 0 Å². The molecule has 2 aromatic rings. The average Bonchev–Trinajstić information content (AvgIpc) is 2.80. The van der Waals surface area contributed by atoms with E-state index in [4.69, 9.17) is 14.4 Å². The van der Waals surface area contributed by atoms with Crippen LogP contribution >= 0.6 is 0 Å². The molecular formula is C14H16N2O4. The Hall–Kier alpha value is -2.34. The Bertz CT molecular complexity index is 580. The molecule has 6 nitrogen and oxygen atoms in total. The van der Waals surface area contributed by atoms with Gasteiger partial charge in [-0.15, -0.1) is 0 Å². The molecule has 0 aliphatic heterocycles. The van der Waals surface area contributed by atoms with Gasteiger partial charge in [0.15, 0.2) is 5.76 Å². The molecule has 1 atom stereocenters. The number of anilines is 1. The molecule has 1 unspecified atom stereocenters. The maximum atomic E-state index is 11.8. The number of aliphatic hydroxyl groups excluding tert-OH is 1. The van der Waals surface area contributed by atoms with Crippen molar-refractivity contribution in [3.05, 3.63) is 47.3 Å². The molecule has 2 rings (SSSR count). The van der Waals surface area contributed by atoms with Crippen molar-refractivity contribution in [1.29, 1.82) is 0 Å². The molecule has 1 amide bonds. The lowest BCUT2D eigenvalue weighted by atomic mass is 10.1. The van der Waals surface area contributed by atoms with Gasteiger partial charge in [-0.25, -0.2) is 4.79 Å². The summed E-state index contributed by atoms with van der Waals surface area (Å²) >= 11 is 0. The van der Waals surface area contributed by atoms with E-state index in [0.29, 0.717) is 11.4 Å². The number of carbonyl (C=O) groups excluding carboxylic acids is 1. The van der Waals surface area contributed by atoms with Crippen LogP contribution in [0, 0.1) is 6.92 Å². The van der Waals surface area contributed by atoms with Crippen LogP contribution in [0.1, 0.15) is 30.0 Å². The van der Waals surface area contributed by atoms with Crippen LogP contribution < -0.4 is 5.32 Å². The van der Waals surface area contributed by atoms with Gasteiger partial charge < -0.3 is 14.4 Å². The van der Waals surface area contributed by atoms with Crippen LogP contribution in [0.15, 0.2) is 34.9 Å². The van der Waals surface area contributed by atoms with Crippen molar-refractivity contribution < 1.29 is 19.2 Å². The number of nitrogens with one attached hydrogen (secondary N) is 1. The van der Waals surface area contributed by atoms with E-state index in [1.807, 2.05) is 30.3 Å². The van der Waals surface area contributed by atoms with Crippen molar-refractivity contribution in [2.75, 3.05) is 5.32 Å². The maximum Gasteiger partial charge on any atom is 0.412 e. The van der Waals surface area contributed by atoms with Crippen LogP contribution in [0.4, 0.5) is 10.5 Å². The highest BCUT2D eigenvalue weighted by molar-refractivity contribution is 5.86. The molecule has 2 N–H and O–H groups in total. The molecule has 1 aromatic heterocycles. The third-order valence-electron chi connectivity index (χ3n) is 2.86. The van der Waals surface area contributed by atoms with E-state index in [9.17, 15) is 4.79 Å². The fourth-order valence-electron chi connectivity index (χ4n) is 1.77. The van der Waals surface area contributed by atoms with Crippen molar-refractivity contribution in [2.24, 2.45) is 0 Å². The van der Waals surface area contributed by atoms with Crippen LogP contribution in [-0.2, 0) is 11.3 Å². The van der Waals surface area contributed by atoms with Crippen LogP contribution in [0.25, 0.3) is 0 Å². The van der Waals surface area contributed by atoms with Gasteiger partial charge in [0.2, 0.25) is 0 Å². The van der Waals surface area contributed by atoms with Crippen molar-refractivity contribution in [1.82, 2.24) is 5.16 Å². The first-order valence-electron chi connectivity index (χ1n) is 6.20. The monoisotopic (exact) mass is 276 g/mol. The van der Waals surface area contributed by atoms with Gasteiger partial charge in [-0.2, -0.15) is 0 Å². The Balaban J connectivity index is 2.01. The number of nitrogens with zero attached hydrogens (tertiary/aromatic N) is 1. The Morgan fingerprint density at radius 2 is 2.15 bits per heavy atom. The Morgan fingerprint density at radius 3 is 2.80 bits per heavy atom. The van der Waals surface area contributed by atoms with E-state index in [0.717, 1.165) is 5.56 Å². The van der Waals surface area contributed by atoms with Gasteiger partial charge in [-0.3, -0.25) is 5.32 Å². The zero-order chi connectivity index (χ0) is 14.5. The molecule has 0 saturated heterocycles. The van der Waals surface area contributed by atoms with Gasteiger partial charge in [-0.1, -0.05) is 35.5 Å². The quantitative estimate of drug-likeness (QED) is 0.897. The smallest absolute Gasteiger partial charge is 0.412 e. The minimum absolute atomic E-state index is 0.201. The zero-order valence-electron chi connectivity index (χ0n) is 11.3. The summed E-state index contributed by atoms with van der Waals surface area (Å²) in [5.74, 6) is 0.201. The number of aryl methyl sites for hydroxylation is 1. The minimum Gasteiger partial charge on any atom is -0.441 e. The largest absolute Gasteiger partial charge is 0.441 e. The number of hydrogen-bond acceptors (Lipinski definition) is 5. The molecule has 20 heavy (non-hydrogen) atoms. The van der Waals surface area contributed by atoms with Crippen LogP contribution in [0.5, 0.6) is 0 Å². The molecule has 0 fully saturated rings. The highest BCUT2D eigenvalue weighted by atomic mass is 16.6. The Labute approximate surface area is 116 Å². The van der Waals surface area contributed by atoms with Crippen molar-refractivity contribution in [3.63, 3.8) is 0 Å². The predicted octanol–water partition coefficient (Wildman–Crippen LogP) is 2.79. The van der Waals surface area contributed by atoms with Crippen molar-refractivity contribution in [2.45, 2.75) is 26.6 Å². The Kier molecular flexibility index (Phi) is 4.37. The lowest BCUT2D eigenvalue weighted by molar-refractivity contribution is 0.121. The highest BCUT2D eigenvalue weighted by Crippen LogP contribution is 2.22. The second-order valence-electron chi connectivity index (χ2n) is 4.31. The number of aromatic nitrogens is 1. The molecule has 106 valence electrons. The minimum atomic E-state index is -0.623. The number of hydrogen-bond donors (Lipinski definition) is 2. The number of carbonyl (C=O) groups is 1. The van der Waals surface area contributed by atoms with Crippen molar-refractivity contribution >= 4 is 11.8 Å². The summed E-state index contributed by atoms with van der Waals surface area (Å²) in [5, 5.41) is 15.3. The zero-order valence-corrected chi connectivity index (χ0v) is 11.3. The predicted molar refractivity (Wildman–Crippen MR) is 72.1 cm³/mol. The standard InChI is InChI=1S/C14H16N2O4/c1-9-13(12(8-17)20-16-9)15-14(18)19-10(2)11-6-4-3-5-7-11/h3-7,10,17H,8H2,1-2H3,(H,15,18). The van der Waals surface area contributed by atoms with E-state index < -0.39 is 6.09 Å². The number of benzene rings is 1. The second kappa shape index (κ2) is 6.21. The lowest BCUT2D eigenvalue weighted by Gasteiger charge is -2.14. The lowest BCUT2D eigenvalue weighted by Crippen LogP contribution is -2.17. The number of rotatable bonds is 4. The third-order valence-corrected chi connectivity index (χ3v) is 2.86. The summed E-state index contributed by atoms with van der Waals surface area (Å²) < 4.78 is 10.1. The van der Waals surface area contributed by atoms with Gasteiger partial charge >= 0.3 is 6.09 Å². The molecule has 0 aliphatic rings. The second-order valence-corrected chi connectivity index (χ2v) is 4.31. The van der Waals surface area contributed by atoms with Crippen LogP contribution in [-0.4, -0.2) is 16.4 Å². The fourth-order valence-corrected chi connectivity index (χ4v) is 1.77. The van der Waals surface area contributed by atoms with Crippen LogP contribution in [0.2, 0.25) is 0 Å². The van der Waals surface area contributed by atoms with Gasteiger partial charge in [0, 0.05) is 0 Å². The third kappa shape index (κ3) is 3.16. The van der Waals surface area contributed by atoms with Gasteiger partial charge in [0.05, 0.1) is 0 Å². The molecule has 6 heteroatoms. The Morgan fingerprint density at radius 1 is 1.45 bits per heavy atom. The summed E-state index contributed by atoms with van der Waals surface area (Å²) in [6.45, 7) is 3.10. The summed E-state index contributed by atoms with van der Waals surface area (Å²) in [4.78, 5) is 11.8. The summed E-state index contributed by atoms with van der Waals surface area (Å²) in [7, 11) is 0. The molecule has 0 saturated carbocycles. The average molecular weight is 276 g/mol. The summed E-state index contributed by atoms with van der Waals surface area (Å²) in [6, 6.07) is 9.40. The number of aliphatic hydroxyl groups is 1. The molecular weight excluding hydrogens is 260 g/mol. The van der Waals surface area contributed by atoms with E-state index >= 15 is 0 Å². The maximum absolute atomic E-state index is 11.8. The molecule has 1 heterocycles. The van der Waals surface area contributed by atoms with E-state index in [1.54, 1.807) is 13.8 Å².